The lowest BCUT2D eigenvalue weighted by Crippen LogP contribution is -2.38. The van der Waals surface area contributed by atoms with E-state index in [2.05, 4.69) is 17.1 Å². The maximum Gasteiger partial charge on any atom is 0.248 e. The van der Waals surface area contributed by atoms with Crippen molar-refractivity contribution in [2.45, 2.75) is 26.2 Å². The summed E-state index contributed by atoms with van der Waals surface area (Å²) in [5, 5.41) is 2.83. The maximum absolute atomic E-state index is 12.7. The molecule has 0 saturated carbocycles. The Morgan fingerprint density at radius 3 is 2.54 bits per heavy atom. The van der Waals surface area contributed by atoms with Gasteiger partial charge >= 0.3 is 0 Å². The number of rotatable bonds is 6. The molecule has 1 atom stereocenters. The molecule has 0 bridgehead atoms. The monoisotopic (exact) mass is 358 g/mol. The van der Waals surface area contributed by atoms with Gasteiger partial charge < -0.3 is 16.0 Å². The van der Waals surface area contributed by atoms with Gasteiger partial charge in [0.2, 0.25) is 17.7 Å². The molecule has 7 heteroatoms. The molecule has 2 aliphatic rings. The zero-order chi connectivity index (χ0) is 18.7. The van der Waals surface area contributed by atoms with Crippen molar-refractivity contribution in [3.63, 3.8) is 0 Å². The summed E-state index contributed by atoms with van der Waals surface area (Å²) in [5.74, 6) is -0.363. The van der Waals surface area contributed by atoms with Gasteiger partial charge in [-0.15, -0.1) is 0 Å². The molecule has 2 saturated heterocycles. The van der Waals surface area contributed by atoms with Crippen molar-refractivity contribution in [1.29, 1.82) is 0 Å². The summed E-state index contributed by atoms with van der Waals surface area (Å²) in [5.41, 5.74) is 5.94. The first-order chi connectivity index (χ1) is 12.4. The van der Waals surface area contributed by atoms with Crippen LogP contribution in [0.5, 0.6) is 0 Å². The molecule has 3 rings (SSSR count). The minimum Gasteiger partial charge on any atom is -0.366 e. The van der Waals surface area contributed by atoms with Crippen LogP contribution in [0.2, 0.25) is 0 Å². The standard InChI is InChI=1S/C19H26N4O3/c1-2-9-23-11-8-19(18(23)26)7-10-22(13-19)12-16(24)21-15-5-3-14(4-6-15)17(20)25/h3-6H,2,7-13H2,1H3,(H2,20,25)(H,21,24). The van der Waals surface area contributed by atoms with Gasteiger partial charge in [-0.25, -0.2) is 0 Å². The lowest BCUT2D eigenvalue weighted by Gasteiger charge is -2.23. The molecule has 3 N–H and O–H groups in total. The Balaban J connectivity index is 1.53. The second-order valence-corrected chi connectivity index (χ2v) is 7.27. The summed E-state index contributed by atoms with van der Waals surface area (Å²) in [6, 6.07) is 6.49. The number of nitrogens with zero attached hydrogens (tertiary/aromatic N) is 2. The van der Waals surface area contributed by atoms with Crippen LogP contribution in [-0.4, -0.2) is 60.2 Å². The Morgan fingerprint density at radius 2 is 1.88 bits per heavy atom. The number of nitrogens with one attached hydrogen (secondary N) is 1. The van der Waals surface area contributed by atoms with Crippen molar-refractivity contribution in [3.8, 4) is 0 Å². The number of carbonyl (C=O) groups is 3. The molecular weight excluding hydrogens is 332 g/mol. The Morgan fingerprint density at radius 1 is 1.19 bits per heavy atom. The van der Waals surface area contributed by atoms with Crippen molar-refractivity contribution in [2.24, 2.45) is 11.1 Å². The highest BCUT2D eigenvalue weighted by Gasteiger charge is 2.50. The molecule has 140 valence electrons. The molecule has 3 amide bonds. The predicted octanol–water partition coefficient (Wildman–Crippen LogP) is 1.06. The fraction of sp³-hybridized carbons (Fsp3) is 0.526. The number of hydrogen-bond donors (Lipinski definition) is 2. The van der Waals surface area contributed by atoms with Gasteiger partial charge in [0.25, 0.3) is 0 Å². The first-order valence-electron chi connectivity index (χ1n) is 9.15. The van der Waals surface area contributed by atoms with Crippen molar-refractivity contribution in [1.82, 2.24) is 9.80 Å². The second-order valence-electron chi connectivity index (χ2n) is 7.27. The lowest BCUT2D eigenvalue weighted by atomic mass is 9.85. The van der Waals surface area contributed by atoms with Crippen LogP contribution in [0, 0.1) is 5.41 Å². The van der Waals surface area contributed by atoms with E-state index in [0.29, 0.717) is 17.8 Å². The predicted molar refractivity (Wildman–Crippen MR) is 98.6 cm³/mol. The fourth-order valence-electron chi connectivity index (χ4n) is 3.97. The van der Waals surface area contributed by atoms with Crippen LogP contribution in [0.1, 0.15) is 36.5 Å². The third kappa shape index (κ3) is 3.72. The van der Waals surface area contributed by atoms with Gasteiger partial charge in [-0.2, -0.15) is 0 Å². The highest BCUT2D eigenvalue weighted by molar-refractivity contribution is 5.95. The van der Waals surface area contributed by atoms with Crippen molar-refractivity contribution in [2.75, 3.05) is 38.0 Å². The quantitative estimate of drug-likeness (QED) is 0.795. The van der Waals surface area contributed by atoms with Crippen molar-refractivity contribution in [3.05, 3.63) is 29.8 Å². The lowest BCUT2D eigenvalue weighted by molar-refractivity contribution is -0.135. The molecule has 1 aromatic rings. The number of nitrogens with two attached hydrogens (primary N) is 1. The van der Waals surface area contributed by atoms with Gasteiger partial charge in [0.1, 0.15) is 0 Å². The molecule has 7 nitrogen and oxygen atoms in total. The Kier molecular flexibility index (Phi) is 5.27. The summed E-state index contributed by atoms with van der Waals surface area (Å²) in [6.07, 6.45) is 2.69. The summed E-state index contributed by atoms with van der Waals surface area (Å²) >= 11 is 0. The van der Waals surface area contributed by atoms with Crippen LogP contribution >= 0.6 is 0 Å². The van der Waals surface area contributed by atoms with E-state index in [4.69, 9.17) is 5.73 Å². The molecule has 2 fully saturated rings. The SMILES string of the molecule is CCCN1CCC2(CCN(CC(=O)Nc3ccc(C(N)=O)cc3)C2)C1=O. The second kappa shape index (κ2) is 7.45. The summed E-state index contributed by atoms with van der Waals surface area (Å²) in [4.78, 5) is 40.1. The molecule has 0 aliphatic carbocycles. The third-order valence-electron chi connectivity index (χ3n) is 5.35. The zero-order valence-electron chi connectivity index (χ0n) is 15.2. The van der Waals surface area contributed by atoms with Crippen LogP contribution in [-0.2, 0) is 9.59 Å². The highest BCUT2D eigenvalue weighted by atomic mass is 16.2. The normalized spacial score (nSPS) is 23.0. The van der Waals surface area contributed by atoms with Crippen LogP contribution in [0.15, 0.2) is 24.3 Å². The van der Waals surface area contributed by atoms with E-state index < -0.39 is 5.91 Å². The van der Waals surface area contributed by atoms with Gasteiger partial charge in [-0.1, -0.05) is 6.92 Å². The van der Waals surface area contributed by atoms with E-state index in [0.717, 1.165) is 38.9 Å². The topological polar surface area (TPSA) is 95.7 Å². The summed E-state index contributed by atoms with van der Waals surface area (Å²) in [7, 11) is 0. The van der Waals surface area contributed by atoms with Crippen molar-refractivity contribution < 1.29 is 14.4 Å². The van der Waals surface area contributed by atoms with E-state index in [1.54, 1.807) is 24.3 Å². The molecule has 2 heterocycles. The van der Waals surface area contributed by atoms with Gasteiger partial charge in [0.15, 0.2) is 0 Å². The summed E-state index contributed by atoms with van der Waals surface area (Å²) < 4.78 is 0. The Bertz CT molecular complexity index is 703. The van der Waals surface area contributed by atoms with E-state index >= 15 is 0 Å². The van der Waals surface area contributed by atoms with Crippen LogP contribution in [0.4, 0.5) is 5.69 Å². The van der Waals surface area contributed by atoms with E-state index in [1.165, 1.54) is 0 Å². The van der Waals surface area contributed by atoms with E-state index in [9.17, 15) is 14.4 Å². The van der Waals surface area contributed by atoms with Gasteiger partial charge in [0.05, 0.1) is 12.0 Å². The van der Waals surface area contributed by atoms with Gasteiger partial charge in [0, 0.05) is 30.9 Å². The molecule has 0 aromatic heterocycles. The minimum atomic E-state index is -0.497. The fourth-order valence-corrected chi connectivity index (χ4v) is 3.97. The minimum absolute atomic E-state index is 0.121. The summed E-state index contributed by atoms with van der Waals surface area (Å²) in [6.45, 7) is 5.42. The largest absolute Gasteiger partial charge is 0.366 e. The molecule has 2 aliphatic heterocycles. The molecule has 26 heavy (non-hydrogen) atoms. The average molecular weight is 358 g/mol. The Hall–Kier alpha value is -2.41. The number of primary amides is 1. The molecule has 1 spiro atoms. The maximum atomic E-state index is 12.7. The number of benzene rings is 1. The molecular formula is C19H26N4O3. The first kappa shape index (κ1) is 18.4. The molecule has 1 unspecified atom stereocenters. The van der Waals surface area contributed by atoms with Crippen LogP contribution in [0.3, 0.4) is 0 Å². The number of hydrogen-bond acceptors (Lipinski definition) is 4. The number of amides is 3. The van der Waals surface area contributed by atoms with E-state index in [1.807, 2.05) is 4.90 Å². The smallest absolute Gasteiger partial charge is 0.248 e. The highest BCUT2D eigenvalue weighted by Crippen LogP contribution is 2.40. The molecule has 1 aromatic carbocycles. The molecule has 0 radical (unpaired) electrons. The third-order valence-corrected chi connectivity index (χ3v) is 5.35. The average Bonchev–Trinajstić information content (AvgIpc) is 3.14. The van der Waals surface area contributed by atoms with Crippen molar-refractivity contribution >= 4 is 23.4 Å². The zero-order valence-corrected chi connectivity index (χ0v) is 15.2. The van der Waals surface area contributed by atoms with Crippen LogP contribution in [0.25, 0.3) is 0 Å². The first-order valence-corrected chi connectivity index (χ1v) is 9.15. The van der Waals surface area contributed by atoms with E-state index in [-0.39, 0.29) is 23.8 Å². The number of anilines is 1. The number of carbonyl (C=O) groups excluding carboxylic acids is 3. The number of likely N-dealkylation sites (tertiary alicyclic amines) is 2. The van der Waals surface area contributed by atoms with Gasteiger partial charge in [-0.05, 0) is 50.1 Å². The van der Waals surface area contributed by atoms with Gasteiger partial charge in [-0.3, -0.25) is 19.3 Å². The van der Waals surface area contributed by atoms with Crippen LogP contribution < -0.4 is 11.1 Å². The Labute approximate surface area is 153 Å².